The summed E-state index contributed by atoms with van der Waals surface area (Å²) in [6, 6.07) is 13.0. The second-order valence-electron chi connectivity index (χ2n) is 7.07. The largest absolute Gasteiger partial charge is 0.369 e. The van der Waals surface area contributed by atoms with E-state index >= 15 is 0 Å². The number of aromatic nitrogens is 1. The maximum atomic E-state index is 5.49. The van der Waals surface area contributed by atoms with Crippen molar-refractivity contribution in [2.45, 2.75) is 51.6 Å². The summed E-state index contributed by atoms with van der Waals surface area (Å²) in [4.78, 5) is 6.76. The molecule has 0 saturated carbocycles. The lowest BCUT2D eigenvalue weighted by atomic mass is 9.99. The Morgan fingerprint density at radius 3 is 2.78 bits per heavy atom. The summed E-state index contributed by atoms with van der Waals surface area (Å²) in [5.41, 5.74) is 2.33. The van der Waals surface area contributed by atoms with Gasteiger partial charge in [0.1, 0.15) is 0 Å². The molecule has 1 aromatic heterocycles. The third kappa shape index (κ3) is 5.02. The van der Waals surface area contributed by atoms with Crippen LogP contribution in [0.5, 0.6) is 0 Å². The maximum Gasteiger partial charge on any atom is 0.191 e. The van der Waals surface area contributed by atoms with E-state index in [0.29, 0.717) is 18.5 Å². The second kappa shape index (κ2) is 9.44. The third-order valence-electron chi connectivity index (χ3n) is 5.29. The van der Waals surface area contributed by atoms with Gasteiger partial charge in [-0.3, -0.25) is 4.99 Å². The van der Waals surface area contributed by atoms with Gasteiger partial charge in [0.05, 0.1) is 12.2 Å². The van der Waals surface area contributed by atoms with Crippen LogP contribution in [-0.4, -0.2) is 37.3 Å². The Bertz CT molecular complexity index is 723. The maximum absolute atomic E-state index is 5.49. The summed E-state index contributed by atoms with van der Waals surface area (Å²) in [5, 5.41) is 11.1. The fourth-order valence-electron chi connectivity index (χ4n) is 3.62. The zero-order valence-electron chi connectivity index (χ0n) is 16.6. The number of anilines is 1. The Hall–Kier alpha value is -2.50. The molecule has 2 heterocycles. The standard InChI is InChI=1S/C21H31N5O/c1-4-16(5-2)20-13-19(27-25-20)14-23-21(22-3)24-17-11-12-26(15-17)18-9-7-6-8-10-18/h6-10,13,16-17H,4-5,11-12,14-15H2,1-3H3,(H2,22,23,24). The highest BCUT2D eigenvalue weighted by Gasteiger charge is 2.23. The van der Waals surface area contributed by atoms with E-state index in [1.165, 1.54) is 5.69 Å². The lowest BCUT2D eigenvalue weighted by Gasteiger charge is -2.20. The third-order valence-corrected chi connectivity index (χ3v) is 5.29. The first-order valence-corrected chi connectivity index (χ1v) is 9.96. The highest BCUT2D eigenvalue weighted by Crippen LogP contribution is 2.22. The fraction of sp³-hybridized carbons (Fsp3) is 0.524. The number of guanidine groups is 1. The molecule has 3 rings (SSSR count). The number of nitrogens with one attached hydrogen (secondary N) is 2. The van der Waals surface area contributed by atoms with E-state index < -0.39 is 0 Å². The first-order valence-electron chi connectivity index (χ1n) is 9.96. The van der Waals surface area contributed by atoms with Gasteiger partial charge in [0, 0.05) is 43.9 Å². The molecular formula is C21H31N5O. The molecule has 1 aliphatic heterocycles. The van der Waals surface area contributed by atoms with Crippen LogP contribution in [0.25, 0.3) is 0 Å². The van der Waals surface area contributed by atoms with Crippen molar-refractivity contribution in [3.05, 3.63) is 47.9 Å². The van der Waals surface area contributed by atoms with Crippen LogP contribution in [0.15, 0.2) is 45.9 Å². The molecule has 0 spiro atoms. The van der Waals surface area contributed by atoms with Gasteiger partial charge in [0.25, 0.3) is 0 Å². The highest BCUT2D eigenvalue weighted by atomic mass is 16.5. The molecule has 1 aromatic carbocycles. The lowest BCUT2D eigenvalue weighted by molar-refractivity contribution is 0.368. The second-order valence-corrected chi connectivity index (χ2v) is 7.07. The molecule has 0 amide bonds. The predicted molar refractivity (Wildman–Crippen MR) is 110 cm³/mol. The Balaban J connectivity index is 1.49. The van der Waals surface area contributed by atoms with Crippen molar-refractivity contribution < 1.29 is 4.52 Å². The minimum Gasteiger partial charge on any atom is -0.369 e. The molecule has 2 aromatic rings. The molecule has 6 heteroatoms. The highest BCUT2D eigenvalue weighted by molar-refractivity contribution is 5.80. The Morgan fingerprint density at radius 2 is 2.07 bits per heavy atom. The first kappa shape index (κ1) is 19.3. The monoisotopic (exact) mass is 369 g/mol. The molecule has 0 radical (unpaired) electrons. The Labute approximate surface area is 162 Å². The zero-order chi connectivity index (χ0) is 19.1. The van der Waals surface area contributed by atoms with Crippen LogP contribution >= 0.6 is 0 Å². The van der Waals surface area contributed by atoms with Crippen LogP contribution in [-0.2, 0) is 6.54 Å². The molecule has 1 fully saturated rings. The molecule has 6 nitrogen and oxygen atoms in total. The molecule has 0 aliphatic carbocycles. The molecular weight excluding hydrogens is 338 g/mol. The van der Waals surface area contributed by atoms with Crippen molar-refractivity contribution in [3.8, 4) is 0 Å². The van der Waals surface area contributed by atoms with E-state index in [-0.39, 0.29) is 0 Å². The van der Waals surface area contributed by atoms with E-state index in [1.807, 2.05) is 0 Å². The molecule has 1 saturated heterocycles. The van der Waals surface area contributed by atoms with E-state index in [0.717, 1.165) is 49.8 Å². The number of aliphatic imine (C=N–C) groups is 1. The quantitative estimate of drug-likeness (QED) is 0.577. The number of hydrogen-bond donors (Lipinski definition) is 2. The van der Waals surface area contributed by atoms with Crippen LogP contribution < -0.4 is 15.5 Å². The van der Waals surface area contributed by atoms with Gasteiger partial charge >= 0.3 is 0 Å². The normalized spacial score (nSPS) is 17.6. The van der Waals surface area contributed by atoms with Gasteiger partial charge < -0.3 is 20.1 Å². The number of nitrogens with zero attached hydrogens (tertiary/aromatic N) is 3. The van der Waals surface area contributed by atoms with Crippen molar-refractivity contribution in [1.29, 1.82) is 0 Å². The summed E-state index contributed by atoms with van der Waals surface area (Å²) in [7, 11) is 1.80. The van der Waals surface area contributed by atoms with Gasteiger partial charge in [-0.25, -0.2) is 0 Å². The van der Waals surface area contributed by atoms with Crippen LogP contribution in [0.4, 0.5) is 5.69 Å². The Kier molecular flexibility index (Phi) is 6.74. The van der Waals surface area contributed by atoms with Crippen molar-refractivity contribution in [1.82, 2.24) is 15.8 Å². The first-order chi connectivity index (χ1) is 13.2. The molecule has 0 bridgehead atoms. The number of hydrogen-bond acceptors (Lipinski definition) is 4. The fourth-order valence-corrected chi connectivity index (χ4v) is 3.62. The van der Waals surface area contributed by atoms with Crippen molar-refractivity contribution in [2.75, 3.05) is 25.0 Å². The minimum absolute atomic E-state index is 0.381. The van der Waals surface area contributed by atoms with E-state index in [4.69, 9.17) is 4.52 Å². The number of para-hydroxylation sites is 1. The van der Waals surface area contributed by atoms with Gasteiger partial charge in [-0.2, -0.15) is 0 Å². The van der Waals surface area contributed by atoms with Crippen LogP contribution in [0.3, 0.4) is 0 Å². The average molecular weight is 370 g/mol. The average Bonchev–Trinajstić information content (AvgIpc) is 3.37. The zero-order valence-corrected chi connectivity index (χ0v) is 16.6. The van der Waals surface area contributed by atoms with E-state index in [9.17, 15) is 0 Å². The summed E-state index contributed by atoms with van der Waals surface area (Å²) in [5.74, 6) is 2.12. The molecule has 27 heavy (non-hydrogen) atoms. The van der Waals surface area contributed by atoms with Crippen LogP contribution in [0.1, 0.15) is 50.5 Å². The van der Waals surface area contributed by atoms with Crippen LogP contribution in [0, 0.1) is 0 Å². The summed E-state index contributed by atoms with van der Waals surface area (Å²) in [6.07, 6.45) is 3.26. The smallest absolute Gasteiger partial charge is 0.191 e. The van der Waals surface area contributed by atoms with Crippen molar-refractivity contribution >= 4 is 11.6 Å². The van der Waals surface area contributed by atoms with Crippen LogP contribution in [0.2, 0.25) is 0 Å². The molecule has 1 aliphatic rings. The van der Waals surface area contributed by atoms with Gasteiger partial charge in [-0.15, -0.1) is 0 Å². The van der Waals surface area contributed by atoms with E-state index in [1.54, 1.807) is 7.05 Å². The topological polar surface area (TPSA) is 65.7 Å². The Morgan fingerprint density at radius 1 is 1.30 bits per heavy atom. The molecule has 1 unspecified atom stereocenters. The van der Waals surface area contributed by atoms with Gasteiger partial charge in [-0.05, 0) is 31.4 Å². The van der Waals surface area contributed by atoms with E-state index in [2.05, 4.69) is 75.9 Å². The van der Waals surface area contributed by atoms with Crippen molar-refractivity contribution in [2.24, 2.45) is 4.99 Å². The molecule has 146 valence electrons. The SMILES string of the molecule is CCC(CC)c1cc(CNC(=NC)NC2CCN(c3ccccc3)C2)on1. The van der Waals surface area contributed by atoms with Gasteiger partial charge in [0.2, 0.25) is 0 Å². The van der Waals surface area contributed by atoms with Gasteiger partial charge in [-0.1, -0.05) is 37.2 Å². The van der Waals surface area contributed by atoms with Gasteiger partial charge in [0.15, 0.2) is 11.7 Å². The van der Waals surface area contributed by atoms with Crippen molar-refractivity contribution in [3.63, 3.8) is 0 Å². The molecule has 2 N–H and O–H groups in total. The number of rotatable bonds is 7. The number of benzene rings is 1. The minimum atomic E-state index is 0.381. The summed E-state index contributed by atoms with van der Waals surface area (Å²) < 4.78 is 5.49. The summed E-state index contributed by atoms with van der Waals surface area (Å²) in [6.45, 7) is 6.99. The molecule has 1 atom stereocenters. The summed E-state index contributed by atoms with van der Waals surface area (Å²) >= 11 is 0. The predicted octanol–water partition coefficient (Wildman–Crippen LogP) is 3.52. The lowest BCUT2D eigenvalue weighted by Crippen LogP contribution is -2.44.